The molecule has 2 atom stereocenters. The number of carbonyl (C=O) groups excluding carboxylic acids is 1. The molecule has 4 aliphatic rings. The van der Waals surface area contributed by atoms with Gasteiger partial charge >= 0.3 is 0 Å². The Hall–Kier alpha value is -1.15. The van der Waals surface area contributed by atoms with E-state index in [1.807, 2.05) is 0 Å². The van der Waals surface area contributed by atoms with Crippen LogP contribution in [-0.4, -0.2) is 24.4 Å². The van der Waals surface area contributed by atoms with Gasteiger partial charge in [0.05, 0.1) is 19.0 Å². The number of hydrogen-bond donors (Lipinski definition) is 1. The minimum atomic E-state index is 0.00250. The SMILES string of the molecule is O=C1C2CC[NH+](CC2)[C@@]12C[C@H]2c1ccccc1. The Bertz CT molecular complexity index is 461. The molecule has 1 saturated carbocycles. The lowest BCUT2D eigenvalue weighted by Gasteiger charge is -2.42. The molecule has 0 aromatic heterocycles. The number of quaternary nitrogens is 1. The van der Waals surface area contributed by atoms with E-state index in [9.17, 15) is 4.79 Å². The van der Waals surface area contributed by atoms with Gasteiger partial charge in [0.25, 0.3) is 0 Å². The molecule has 2 heteroatoms. The van der Waals surface area contributed by atoms with Gasteiger partial charge in [-0.3, -0.25) is 4.79 Å². The van der Waals surface area contributed by atoms with Gasteiger partial charge in [-0.15, -0.1) is 0 Å². The van der Waals surface area contributed by atoms with E-state index < -0.39 is 0 Å². The molecule has 3 heterocycles. The molecule has 17 heavy (non-hydrogen) atoms. The molecule has 0 amide bonds. The van der Waals surface area contributed by atoms with E-state index in [1.165, 1.54) is 18.7 Å². The predicted octanol–water partition coefficient (Wildman–Crippen LogP) is 0.790. The number of Topliss-reactive ketones (excluding diaryl/α,β-unsaturated/α-hetero) is 1. The molecule has 4 fully saturated rings. The first-order chi connectivity index (χ1) is 8.32. The van der Waals surface area contributed by atoms with E-state index in [0.717, 1.165) is 19.3 Å². The van der Waals surface area contributed by atoms with Crippen molar-refractivity contribution >= 4 is 5.78 Å². The molecule has 2 nitrogen and oxygen atoms in total. The van der Waals surface area contributed by atoms with Crippen molar-refractivity contribution in [2.75, 3.05) is 13.1 Å². The van der Waals surface area contributed by atoms with Crippen LogP contribution in [0.5, 0.6) is 0 Å². The van der Waals surface area contributed by atoms with Crippen LogP contribution in [0, 0.1) is 5.92 Å². The molecular formula is C15H18NO+. The average molecular weight is 228 g/mol. The normalized spacial score (nSPS) is 43.1. The molecule has 1 aromatic rings. The van der Waals surface area contributed by atoms with Gasteiger partial charge in [0.2, 0.25) is 0 Å². The van der Waals surface area contributed by atoms with Crippen molar-refractivity contribution in [2.24, 2.45) is 5.92 Å². The smallest absolute Gasteiger partial charge is 0.197 e. The number of ketones is 1. The molecule has 5 rings (SSSR count). The number of rotatable bonds is 1. The summed E-state index contributed by atoms with van der Waals surface area (Å²) in [5.41, 5.74) is 1.38. The number of carbonyl (C=O) groups is 1. The quantitative estimate of drug-likeness (QED) is 0.754. The molecule has 3 saturated heterocycles. The number of fused-ring (bicyclic) bond motifs is 2. The summed E-state index contributed by atoms with van der Waals surface area (Å²) in [6, 6.07) is 10.6. The van der Waals surface area contributed by atoms with Crippen molar-refractivity contribution in [3.05, 3.63) is 35.9 Å². The van der Waals surface area contributed by atoms with Gasteiger partial charge in [0, 0.05) is 25.2 Å². The third kappa shape index (κ3) is 1.17. The van der Waals surface area contributed by atoms with Gasteiger partial charge < -0.3 is 4.90 Å². The molecule has 1 aromatic carbocycles. The largest absolute Gasteiger partial charge is 0.323 e. The number of hydrogen-bond acceptors (Lipinski definition) is 1. The molecular weight excluding hydrogens is 210 g/mol. The Balaban J connectivity index is 1.70. The summed E-state index contributed by atoms with van der Waals surface area (Å²) < 4.78 is 0. The summed E-state index contributed by atoms with van der Waals surface area (Å²) in [7, 11) is 0. The van der Waals surface area contributed by atoms with E-state index in [2.05, 4.69) is 30.3 Å². The fourth-order valence-electron chi connectivity index (χ4n) is 4.23. The van der Waals surface area contributed by atoms with Crippen molar-refractivity contribution in [1.82, 2.24) is 0 Å². The van der Waals surface area contributed by atoms with Crippen LogP contribution in [0.2, 0.25) is 0 Å². The van der Waals surface area contributed by atoms with Gasteiger partial charge in [-0.25, -0.2) is 0 Å². The second kappa shape index (κ2) is 3.20. The minimum Gasteiger partial charge on any atom is -0.323 e. The van der Waals surface area contributed by atoms with Crippen molar-refractivity contribution in [2.45, 2.75) is 30.7 Å². The standard InChI is InChI=1S/C15H17NO/c17-14-12-6-8-16(9-7-12)15(14)10-13(15)11-4-2-1-3-5-11/h1-5,12-13H,6-10H2/p+1/t13-,15+/m0/s1. The molecule has 0 unspecified atom stereocenters. The average Bonchev–Trinajstić information content (AvgIpc) is 3.13. The predicted molar refractivity (Wildman–Crippen MR) is 65.0 cm³/mol. The van der Waals surface area contributed by atoms with Crippen molar-refractivity contribution in [3.63, 3.8) is 0 Å². The molecule has 88 valence electrons. The molecule has 1 aliphatic carbocycles. The molecule has 1 spiro atoms. The van der Waals surface area contributed by atoms with Crippen molar-refractivity contribution in [1.29, 1.82) is 0 Å². The number of benzene rings is 1. The van der Waals surface area contributed by atoms with Crippen molar-refractivity contribution < 1.29 is 9.69 Å². The van der Waals surface area contributed by atoms with E-state index in [-0.39, 0.29) is 5.54 Å². The topological polar surface area (TPSA) is 21.5 Å². The maximum Gasteiger partial charge on any atom is 0.197 e. The summed E-state index contributed by atoms with van der Waals surface area (Å²) in [4.78, 5) is 14.1. The van der Waals surface area contributed by atoms with E-state index in [0.29, 0.717) is 17.6 Å². The van der Waals surface area contributed by atoms with Crippen LogP contribution in [-0.2, 0) is 4.79 Å². The van der Waals surface area contributed by atoms with E-state index >= 15 is 0 Å². The summed E-state index contributed by atoms with van der Waals surface area (Å²) >= 11 is 0. The second-order valence-corrected chi connectivity index (χ2v) is 5.88. The highest BCUT2D eigenvalue weighted by Gasteiger charge is 2.72. The lowest BCUT2D eigenvalue weighted by atomic mass is 9.79. The summed E-state index contributed by atoms with van der Waals surface area (Å²) in [6.45, 7) is 2.44. The summed E-state index contributed by atoms with van der Waals surface area (Å²) in [5, 5.41) is 0. The fraction of sp³-hybridized carbons (Fsp3) is 0.533. The van der Waals surface area contributed by atoms with E-state index in [4.69, 9.17) is 0 Å². The fourth-order valence-corrected chi connectivity index (χ4v) is 4.23. The van der Waals surface area contributed by atoms with Crippen LogP contribution in [0.15, 0.2) is 30.3 Å². The van der Waals surface area contributed by atoms with Crippen LogP contribution in [0.3, 0.4) is 0 Å². The highest BCUT2D eigenvalue weighted by atomic mass is 16.1. The lowest BCUT2D eigenvalue weighted by Crippen LogP contribution is -3.22. The molecule has 1 N–H and O–H groups in total. The first-order valence-electron chi connectivity index (χ1n) is 6.77. The Labute approximate surface area is 102 Å². The Morgan fingerprint density at radius 3 is 2.47 bits per heavy atom. The molecule has 2 bridgehead atoms. The van der Waals surface area contributed by atoms with Gasteiger partial charge in [-0.05, 0) is 5.56 Å². The van der Waals surface area contributed by atoms with Crippen LogP contribution in [0.4, 0.5) is 0 Å². The Morgan fingerprint density at radius 2 is 1.82 bits per heavy atom. The minimum absolute atomic E-state index is 0.00250. The third-order valence-electron chi connectivity index (χ3n) is 5.19. The van der Waals surface area contributed by atoms with Crippen LogP contribution >= 0.6 is 0 Å². The van der Waals surface area contributed by atoms with Gasteiger partial charge in [0.15, 0.2) is 11.3 Å². The number of piperidine rings is 3. The third-order valence-corrected chi connectivity index (χ3v) is 5.19. The monoisotopic (exact) mass is 228 g/mol. The maximum atomic E-state index is 12.5. The molecule has 0 radical (unpaired) electrons. The van der Waals surface area contributed by atoms with Gasteiger partial charge in [0.1, 0.15) is 0 Å². The van der Waals surface area contributed by atoms with Crippen LogP contribution in [0.25, 0.3) is 0 Å². The summed E-state index contributed by atoms with van der Waals surface area (Å²) in [5.74, 6) is 1.48. The van der Waals surface area contributed by atoms with Crippen molar-refractivity contribution in [3.8, 4) is 0 Å². The number of nitrogens with one attached hydrogen (secondary N) is 1. The molecule has 3 aliphatic heterocycles. The van der Waals surface area contributed by atoms with Gasteiger partial charge in [-0.2, -0.15) is 0 Å². The second-order valence-electron chi connectivity index (χ2n) is 5.88. The van der Waals surface area contributed by atoms with E-state index in [1.54, 1.807) is 4.90 Å². The van der Waals surface area contributed by atoms with Gasteiger partial charge in [-0.1, -0.05) is 30.3 Å². The Kier molecular flexibility index (Phi) is 1.85. The first-order valence-corrected chi connectivity index (χ1v) is 6.77. The Morgan fingerprint density at radius 1 is 1.12 bits per heavy atom. The zero-order valence-electron chi connectivity index (χ0n) is 9.99. The summed E-state index contributed by atoms with van der Waals surface area (Å²) in [6.07, 6.45) is 3.37. The zero-order chi connectivity index (χ0) is 11.5. The lowest BCUT2D eigenvalue weighted by molar-refractivity contribution is -0.939. The maximum absolute atomic E-state index is 12.5. The highest BCUT2D eigenvalue weighted by molar-refractivity contribution is 5.94. The highest BCUT2D eigenvalue weighted by Crippen LogP contribution is 2.53. The van der Waals surface area contributed by atoms with Crippen LogP contribution in [0.1, 0.15) is 30.7 Å². The first kappa shape index (κ1) is 9.84. The zero-order valence-corrected chi connectivity index (χ0v) is 9.99. The van der Waals surface area contributed by atoms with Crippen LogP contribution < -0.4 is 4.90 Å².